The maximum Gasteiger partial charge on any atom is 0.287 e. The van der Waals surface area contributed by atoms with Gasteiger partial charge in [-0.1, -0.05) is 68.4 Å². The first kappa shape index (κ1) is 28.2. The van der Waals surface area contributed by atoms with Crippen molar-refractivity contribution in [1.29, 1.82) is 0 Å². The summed E-state index contributed by atoms with van der Waals surface area (Å²) in [5, 5.41) is 2.98. The normalized spacial score (nSPS) is 15.0. The van der Waals surface area contributed by atoms with Crippen LogP contribution in [0, 0.1) is 5.92 Å². The minimum atomic E-state index is -0.651. The van der Waals surface area contributed by atoms with Crippen LogP contribution in [0.15, 0.2) is 72.8 Å². The summed E-state index contributed by atoms with van der Waals surface area (Å²) in [6, 6.07) is 23.2. The van der Waals surface area contributed by atoms with Gasteiger partial charge >= 0.3 is 0 Å². The van der Waals surface area contributed by atoms with Gasteiger partial charge in [0, 0.05) is 24.0 Å². The molecule has 0 bridgehead atoms. The molecule has 2 amide bonds. The van der Waals surface area contributed by atoms with Gasteiger partial charge in [0.05, 0.1) is 14.2 Å². The molecule has 206 valence electrons. The molecule has 1 aliphatic rings. The largest absolute Gasteiger partial charge is 0.493 e. The quantitative estimate of drug-likeness (QED) is 0.328. The summed E-state index contributed by atoms with van der Waals surface area (Å²) in [6.45, 7) is 6.54. The van der Waals surface area contributed by atoms with E-state index < -0.39 is 6.04 Å². The minimum absolute atomic E-state index is 0.152. The van der Waals surface area contributed by atoms with Crippen molar-refractivity contribution in [2.75, 3.05) is 27.3 Å². The summed E-state index contributed by atoms with van der Waals surface area (Å²) in [6.07, 6.45) is 2.64. The zero-order valence-electron chi connectivity index (χ0n) is 23.4. The zero-order valence-corrected chi connectivity index (χ0v) is 23.4. The first-order chi connectivity index (χ1) is 18.8. The van der Waals surface area contributed by atoms with Gasteiger partial charge in [-0.3, -0.25) is 9.59 Å². The number of quaternary nitrogens is 1. The minimum Gasteiger partial charge on any atom is -0.493 e. The summed E-state index contributed by atoms with van der Waals surface area (Å²) in [4.78, 5) is 26.8. The number of benzene rings is 3. The van der Waals surface area contributed by atoms with E-state index in [9.17, 15) is 9.59 Å². The average molecular weight is 531 g/mol. The lowest BCUT2D eigenvalue weighted by molar-refractivity contribution is -0.963. The Morgan fingerprint density at radius 2 is 1.49 bits per heavy atom. The highest BCUT2D eigenvalue weighted by molar-refractivity contribution is 5.98. The van der Waals surface area contributed by atoms with Gasteiger partial charge in [0.1, 0.15) is 25.7 Å². The number of carbonyl (C=O) groups excluding carboxylic acids is 2. The van der Waals surface area contributed by atoms with Crippen molar-refractivity contribution in [1.82, 2.24) is 10.7 Å². The third-order valence-corrected chi connectivity index (χ3v) is 7.29. The number of carbonyl (C=O) groups is 2. The van der Waals surface area contributed by atoms with Gasteiger partial charge in [0.25, 0.3) is 11.8 Å². The molecule has 0 unspecified atom stereocenters. The molecule has 3 aromatic rings. The second-order valence-electron chi connectivity index (χ2n) is 10.7. The van der Waals surface area contributed by atoms with E-state index in [1.165, 1.54) is 23.8 Å². The van der Waals surface area contributed by atoms with Crippen molar-refractivity contribution >= 4 is 11.8 Å². The van der Waals surface area contributed by atoms with E-state index in [2.05, 4.69) is 61.0 Å². The van der Waals surface area contributed by atoms with Gasteiger partial charge in [-0.05, 0) is 41.7 Å². The topological polar surface area (TPSA) is 76.7 Å². The first-order valence-corrected chi connectivity index (χ1v) is 13.7. The molecule has 4 rings (SSSR count). The third kappa shape index (κ3) is 7.18. The van der Waals surface area contributed by atoms with E-state index in [0.717, 1.165) is 25.9 Å². The number of hydrogen-bond donors (Lipinski definition) is 2. The summed E-state index contributed by atoms with van der Waals surface area (Å²) in [7, 11) is 3.08. The molecule has 3 aromatic carbocycles. The Morgan fingerprint density at radius 1 is 0.846 bits per heavy atom. The fraction of sp³-hybridized carbons (Fsp3) is 0.375. The molecule has 1 aliphatic heterocycles. The van der Waals surface area contributed by atoms with E-state index >= 15 is 0 Å². The predicted octanol–water partition coefficient (Wildman–Crippen LogP) is 5.36. The molecule has 0 aliphatic carbocycles. The predicted molar refractivity (Wildman–Crippen MR) is 153 cm³/mol. The molecule has 1 heterocycles. The van der Waals surface area contributed by atoms with Crippen molar-refractivity contribution in [3.8, 4) is 22.6 Å². The van der Waals surface area contributed by atoms with Gasteiger partial charge in [-0.15, -0.1) is 0 Å². The third-order valence-electron chi connectivity index (χ3n) is 7.29. The second-order valence-corrected chi connectivity index (χ2v) is 10.7. The van der Waals surface area contributed by atoms with E-state index in [1.807, 2.05) is 18.2 Å². The SMILES string of the molecule is COc1ccc(C(=O)N[C@@H](CC(C)C)C(=O)N[N+]2(Cc3ccc(-c4ccccc4)cc3)CCCC2)cc1OC. The van der Waals surface area contributed by atoms with Crippen LogP contribution in [0.5, 0.6) is 11.5 Å². The van der Waals surface area contributed by atoms with Gasteiger partial charge in [-0.2, -0.15) is 5.43 Å². The number of hydrogen-bond acceptors (Lipinski definition) is 4. The molecule has 1 atom stereocenters. The Hall–Kier alpha value is -3.84. The standard InChI is InChI=1S/C32H39N3O4/c1-23(2)20-28(33-31(36)27-16-17-29(38-3)30(21-27)39-4)32(37)34-35(18-8-9-19-35)22-24-12-14-26(15-13-24)25-10-6-5-7-11-25/h5-7,10-17,21,23,28H,8-9,18-20,22H2,1-4H3,(H-,33,34,36,37)/p+1/t28-/m0/s1. The molecule has 2 N–H and O–H groups in total. The lowest BCUT2D eigenvalue weighted by Gasteiger charge is -2.35. The number of likely N-dealkylation sites (tertiary alicyclic amines) is 1. The monoisotopic (exact) mass is 530 g/mol. The molecule has 0 spiro atoms. The van der Waals surface area contributed by atoms with Gasteiger partial charge in [0.15, 0.2) is 11.5 Å². The van der Waals surface area contributed by atoms with Gasteiger partial charge < -0.3 is 14.8 Å². The van der Waals surface area contributed by atoms with Crippen molar-refractivity contribution in [3.63, 3.8) is 0 Å². The summed E-state index contributed by atoms with van der Waals surface area (Å²) in [5.74, 6) is 0.767. The van der Waals surface area contributed by atoms with Crippen molar-refractivity contribution in [2.24, 2.45) is 5.92 Å². The van der Waals surface area contributed by atoms with E-state index in [4.69, 9.17) is 9.47 Å². The Morgan fingerprint density at radius 3 is 2.10 bits per heavy atom. The zero-order chi connectivity index (χ0) is 27.8. The summed E-state index contributed by atoms with van der Waals surface area (Å²) < 4.78 is 11.1. The van der Waals surface area contributed by atoms with Crippen LogP contribution in [0.1, 0.15) is 49.0 Å². The molecule has 7 nitrogen and oxygen atoms in total. The molecule has 0 aromatic heterocycles. The lowest BCUT2D eigenvalue weighted by atomic mass is 10.0. The van der Waals surface area contributed by atoms with E-state index in [0.29, 0.717) is 34.6 Å². The van der Waals surface area contributed by atoms with Crippen LogP contribution in [0.3, 0.4) is 0 Å². The summed E-state index contributed by atoms with van der Waals surface area (Å²) in [5.41, 5.74) is 7.27. The van der Waals surface area contributed by atoms with Crippen LogP contribution < -0.4 is 20.2 Å². The molecular weight excluding hydrogens is 490 g/mol. The van der Waals surface area contributed by atoms with Crippen molar-refractivity contribution < 1.29 is 23.7 Å². The lowest BCUT2D eigenvalue weighted by Crippen LogP contribution is -2.62. The van der Waals surface area contributed by atoms with Crippen LogP contribution in [-0.2, 0) is 11.3 Å². The van der Waals surface area contributed by atoms with Crippen molar-refractivity contribution in [3.05, 3.63) is 83.9 Å². The van der Waals surface area contributed by atoms with Gasteiger partial charge in [-0.25, -0.2) is 4.59 Å². The number of amides is 2. The van der Waals surface area contributed by atoms with Crippen molar-refractivity contribution in [2.45, 2.75) is 45.7 Å². The molecule has 39 heavy (non-hydrogen) atoms. The smallest absolute Gasteiger partial charge is 0.287 e. The molecule has 7 heteroatoms. The average Bonchev–Trinajstić information content (AvgIpc) is 3.40. The van der Waals surface area contributed by atoms with E-state index in [1.54, 1.807) is 25.3 Å². The molecule has 1 saturated heterocycles. The van der Waals surface area contributed by atoms with Crippen LogP contribution in [0.25, 0.3) is 11.1 Å². The Kier molecular flexibility index (Phi) is 9.25. The first-order valence-electron chi connectivity index (χ1n) is 13.7. The van der Waals surface area contributed by atoms with Crippen LogP contribution in [0.2, 0.25) is 0 Å². The van der Waals surface area contributed by atoms with Crippen LogP contribution in [-0.4, -0.2) is 49.8 Å². The highest BCUT2D eigenvalue weighted by Crippen LogP contribution is 2.28. The Balaban J connectivity index is 1.48. The Labute approximate surface area is 231 Å². The number of ether oxygens (including phenoxy) is 2. The number of nitrogens with zero attached hydrogens (tertiary/aromatic N) is 1. The molecular formula is C32H40N3O4+. The maximum absolute atomic E-state index is 13.7. The van der Waals surface area contributed by atoms with E-state index in [-0.39, 0.29) is 17.7 Å². The maximum atomic E-state index is 13.7. The summed E-state index contributed by atoms with van der Waals surface area (Å²) >= 11 is 0. The number of nitrogens with one attached hydrogen (secondary N) is 2. The molecule has 0 radical (unpaired) electrons. The highest BCUT2D eigenvalue weighted by Gasteiger charge is 2.37. The van der Waals surface area contributed by atoms with Gasteiger partial charge in [0.2, 0.25) is 0 Å². The molecule has 1 fully saturated rings. The van der Waals surface area contributed by atoms with Crippen LogP contribution in [0.4, 0.5) is 0 Å². The fourth-order valence-corrected chi connectivity index (χ4v) is 5.27. The number of methoxy groups -OCH3 is 2. The molecule has 0 saturated carbocycles. The highest BCUT2D eigenvalue weighted by atomic mass is 16.5. The number of rotatable bonds is 11. The fourth-order valence-electron chi connectivity index (χ4n) is 5.27. The van der Waals surface area contributed by atoms with Crippen LogP contribution >= 0.6 is 0 Å². The Bertz CT molecular complexity index is 1250. The second kappa shape index (κ2) is 12.8.